The molecule has 3 nitrogen and oxygen atoms in total. The third-order valence-corrected chi connectivity index (χ3v) is 4.11. The summed E-state index contributed by atoms with van der Waals surface area (Å²) in [5, 5.41) is 0. The zero-order chi connectivity index (χ0) is 14.5. The molecule has 0 spiro atoms. The molecule has 21 heavy (non-hydrogen) atoms. The highest BCUT2D eigenvalue weighted by Crippen LogP contribution is 2.19. The largest absolute Gasteiger partial charge is 0.330 e. The molecule has 0 bridgehead atoms. The van der Waals surface area contributed by atoms with Crippen LogP contribution in [-0.2, 0) is 13.0 Å². The molecule has 3 rings (SSSR count). The fraction of sp³-hybridized carbons (Fsp3) is 0.389. The number of aromatic nitrogens is 1. The van der Waals surface area contributed by atoms with E-state index in [4.69, 9.17) is 5.73 Å². The van der Waals surface area contributed by atoms with Crippen LogP contribution in [0.2, 0.25) is 0 Å². The monoisotopic (exact) mass is 281 g/mol. The van der Waals surface area contributed by atoms with Crippen LogP contribution in [0.3, 0.4) is 0 Å². The second-order valence-corrected chi connectivity index (χ2v) is 5.77. The van der Waals surface area contributed by atoms with Crippen molar-refractivity contribution in [2.24, 2.45) is 5.73 Å². The van der Waals surface area contributed by atoms with E-state index in [1.54, 1.807) is 0 Å². The molecular weight excluding hydrogens is 258 g/mol. The maximum atomic E-state index is 5.58. The molecule has 0 atom stereocenters. The van der Waals surface area contributed by atoms with Crippen LogP contribution in [0.5, 0.6) is 0 Å². The topological polar surface area (TPSA) is 42.1 Å². The highest BCUT2D eigenvalue weighted by Gasteiger charge is 2.11. The lowest BCUT2D eigenvalue weighted by atomic mass is 10.1. The Morgan fingerprint density at radius 1 is 0.952 bits per heavy atom. The molecule has 3 heteroatoms. The van der Waals surface area contributed by atoms with Crippen LogP contribution in [0.1, 0.15) is 24.0 Å². The average molecular weight is 281 g/mol. The number of nitrogens with two attached hydrogens (primary N) is 1. The van der Waals surface area contributed by atoms with E-state index >= 15 is 0 Å². The summed E-state index contributed by atoms with van der Waals surface area (Å²) < 4.78 is 0. The summed E-state index contributed by atoms with van der Waals surface area (Å²) in [6, 6.07) is 12.9. The molecule has 1 aliphatic rings. The molecule has 0 aliphatic carbocycles. The van der Waals surface area contributed by atoms with Gasteiger partial charge in [-0.25, -0.2) is 0 Å². The number of hydrogen-bond acceptors (Lipinski definition) is 3. The van der Waals surface area contributed by atoms with Gasteiger partial charge in [-0.1, -0.05) is 30.3 Å². The van der Waals surface area contributed by atoms with Crippen molar-refractivity contribution in [3.8, 4) is 11.3 Å². The van der Waals surface area contributed by atoms with Crippen molar-refractivity contribution in [3.63, 3.8) is 0 Å². The Balaban J connectivity index is 1.68. The Morgan fingerprint density at radius 2 is 1.67 bits per heavy atom. The Bertz CT molecular complexity index is 554. The highest BCUT2D eigenvalue weighted by atomic mass is 15.1. The Hall–Kier alpha value is -1.71. The number of hydrogen-bond donors (Lipinski definition) is 1. The molecule has 110 valence electrons. The number of nitrogens with zero attached hydrogens (tertiary/aromatic N) is 2. The minimum Gasteiger partial charge on any atom is -0.330 e. The van der Waals surface area contributed by atoms with Gasteiger partial charge in [-0.3, -0.25) is 9.88 Å². The van der Waals surface area contributed by atoms with Crippen LogP contribution in [0.4, 0.5) is 0 Å². The lowest BCUT2D eigenvalue weighted by molar-refractivity contribution is 0.331. The van der Waals surface area contributed by atoms with Crippen molar-refractivity contribution in [1.82, 2.24) is 9.88 Å². The molecule has 1 fully saturated rings. The van der Waals surface area contributed by atoms with Crippen LogP contribution in [0.25, 0.3) is 11.3 Å². The molecule has 2 heterocycles. The van der Waals surface area contributed by atoms with Crippen molar-refractivity contribution in [2.75, 3.05) is 19.6 Å². The van der Waals surface area contributed by atoms with Crippen molar-refractivity contribution in [3.05, 3.63) is 53.7 Å². The van der Waals surface area contributed by atoms with E-state index < -0.39 is 0 Å². The first kappa shape index (κ1) is 14.2. The number of pyridine rings is 1. The minimum absolute atomic E-state index is 0.697. The van der Waals surface area contributed by atoms with E-state index in [1.807, 2.05) is 6.20 Å². The summed E-state index contributed by atoms with van der Waals surface area (Å²) in [7, 11) is 0. The summed E-state index contributed by atoms with van der Waals surface area (Å²) >= 11 is 0. The van der Waals surface area contributed by atoms with Gasteiger partial charge in [0.05, 0.1) is 5.69 Å². The standard InChI is InChI=1S/C18H23N3/c19-10-9-15-3-6-17(7-4-15)18-8-5-16(13-20-18)14-21-11-1-2-12-21/h3-8,13H,1-2,9-12,14,19H2. The van der Waals surface area contributed by atoms with Crippen LogP contribution in [0.15, 0.2) is 42.6 Å². The van der Waals surface area contributed by atoms with Gasteiger partial charge in [0.2, 0.25) is 0 Å². The SMILES string of the molecule is NCCc1ccc(-c2ccc(CN3CCCC3)cn2)cc1. The van der Waals surface area contributed by atoms with Crippen LogP contribution in [-0.4, -0.2) is 29.5 Å². The van der Waals surface area contributed by atoms with Crippen LogP contribution < -0.4 is 5.73 Å². The number of rotatable bonds is 5. The predicted octanol–water partition coefficient (Wildman–Crippen LogP) is 2.85. The normalized spacial score (nSPS) is 15.5. The highest BCUT2D eigenvalue weighted by molar-refractivity contribution is 5.59. The summed E-state index contributed by atoms with van der Waals surface area (Å²) in [6.07, 6.45) is 5.62. The van der Waals surface area contributed by atoms with Crippen molar-refractivity contribution in [1.29, 1.82) is 0 Å². The third kappa shape index (κ3) is 3.69. The second-order valence-electron chi connectivity index (χ2n) is 5.77. The van der Waals surface area contributed by atoms with Gasteiger partial charge in [0, 0.05) is 18.3 Å². The van der Waals surface area contributed by atoms with Gasteiger partial charge in [-0.05, 0) is 56.1 Å². The molecule has 1 aliphatic heterocycles. The summed E-state index contributed by atoms with van der Waals surface area (Å²) in [5.74, 6) is 0. The van der Waals surface area contributed by atoms with E-state index in [2.05, 4.69) is 46.3 Å². The third-order valence-electron chi connectivity index (χ3n) is 4.11. The fourth-order valence-electron chi connectivity index (χ4n) is 2.90. The molecule has 0 unspecified atom stereocenters. The molecule has 0 amide bonds. The summed E-state index contributed by atoms with van der Waals surface area (Å²) in [4.78, 5) is 7.11. The van der Waals surface area contributed by atoms with E-state index in [0.29, 0.717) is 6.54 Å². The maximum Gasteiger partial charge on any atom is 0.0702 e. The zero-order valence-corrected chi connectivity index (χ0v) is 12.5. The van der Waals surface area contributed by atoms with Crippen LogP contribution in [0, 0.1) is 0 Å². The first-order chi connectivity index (χ1) is 10.3. The molecular formula is C18H23N3. The smallest absolute Gasteiger partial charge is 0.0702 e. The second kappa shape index (κ2) is 6.83. The van der Waals surface area contributed by atoms with Gasteiger partial charge in [0.15, 0.2) is 0 Å². The lowest BCUT2D eigenvalue weighted by Crippen LogP contribution is -2.18. The number of likely N-dealkylation sites (tertiary alicyclic amines) is 1. The molecule has 2 aromatic rings. The summed E-state index contributed by atoms with van der Waals surface area (Å²) in [6.45, 7) is 4.18. The van der Waals surface area contributed by atoms with E-state index in [0.717, 1.165) is 18.7 Å². The van der Waals surface area contributed by atoms with Gasteiger partial charge < -0.3 is 5.73 Å². The van der Waals surface area contributed by atoms with E-state index in [1.165, 1.54) is 42.6 Å². The van der Waals surface area contributed by atoms with Gasteiger partial charge in [-0.2, -0.15) is 0 Å². The van der Waals surface area contributed by atoms with Crippen LogP contribution >= 0.6 is 0 Å². The molecule has 1 aromatic heterocycles. The fourth-order valence-corrected chi connectivity index (χ4v) is 2.90. The first-order valence-electron chi connectivity index (χ1n) is 7.82. The van der Waals surface area contributed by atoms with E-state index in [-0.39, 0.29) is 0 Å². The van der Waals surface area contributed by atoms with E-state index in [9.17, 15) is 0 Å². The first-order valence-corrected chi connectivity index (χ1v) is 7.82. The number of benzene rings is 1. The van der Waals surface area contributed by atoms with Gasteiger partial charge in [0.1, 0.15) is 0 Å². The lowest BCUT2D eigenvalue weighted by Gasteiger charge is -2.14. The Labute approximate surface area is 126 Å². The van der Waals surface area contributed by atoms with Crippen molar-refractivity contribution >= 4 is 0 Å². The predicted molar refractivity (Wildman–Crippen MR) is 86.9 cm³/mol. The molecule has 0 radical (unpaired) electrons. The quantitative estimate of drug-likeness (QED) is 0.916. The molecule has 1 aromatic carbocycles. The Morgan fingerprint density at radius 3 is 2.29 bits per heavy atom. The maximum absolute atomic E-state index is 5.58. The zero-order valence-electron chi connectivity index (χ0n) is 12.5. The Kier molecular flexibility index (Phi) is 4.63. The molecule has 0 saturated carbocycles. The van der Waals surface area contributed by atoms with Gasteiger partial charge in [-0.15, -0.1) is 0 Å². The minimum atomic E-state index is 0.697. The van der Waals surface area contributed by atoms with Gasteiger partial charge >= 0.3 is 0 Å². The van der Waals surface area contributed by atoms with Crippen molar-refractivity contribution in [2.45, 2.75) is 25.8 Å². The summed E-state index contributed by atoms with van der Waals surface area (Å²) in [5.41, 5.74) is 10.4. The molecule has 2 N–H and O–H groups in total. The van der Waals surface area contributed by atoms with Gasteiger partial charge in [0.25, 0.3) is 0 Å². The van der Waals surface area contributed by atoms with Crippen molar-refractivity contribution < 1.29 is 0 Å². The average Bonchev–Trinajstić information content (AvgIpc) is 3.02. The molecule has 1 saturated heterocycles.